The summed E-state index contributed by atoms with van der Waals surface area (Å²) in [5, 5.41) is 2.37. The largest absolute Gasteiger partial charge is 0.497 e. The minimum absolute atomic E-state index is 0.0262. The van der Waals surface area contributed by atoms with Crippen molar-refractivity contribution in [1.29, 1.82) is 0 Å². The zero-order valence-electron chi connectivity index (χ0n) is 24.0. The van der Waals surface area contributed by atoms with E-state index in [9.17, 15) is 0 Å². The number of ether oxygens (including phenoxy) is 5. The Hall–Kier alpha value is -2.56. The van der Waals surface area contributed by atoms with Gasteiger partial charge >= 0.3 is 0 Å². The van der Waals surface area contributed by atoms with E-state index in [1.807, 2.05) is 67.6 Å². The van der Waals surface area contributed by atoms with Gasteiger partial charge in [-0.2, -0.15) is 0 Å². The molecule has 5 atom stereocenters. The second-order valence-electron chi connectivity index (χ2n) is 10.3. The van der Waals surface area contributed by atoms with Crippen molar-refractivity contribution in [1.82, 2.24) is 0 Å². The monoisotopic (exact) mass is 564 g/mol. The fourth-order valence-electron chi connectivity index (χ4n) is 5.08. The van der Waals surface area contributed by atoms with E-state index in [2.05, 4.69) is 24.3 Å². The number of hydrogen-bond acceptors (Lipinski definition) is 7. The summed E-state index contributed by atoms with van der Waals surface area (Å²) in [4.78, 5) is 0. The van der Waals surface area contributed by atoms with E-state index in [-0.39, 0.29) is 24.4 Å². The van der Waals surface area contributed by atoms with E-state index < -0.39 is 14.8 Å². The molecule has 1 aliphatic rings. The first kappa shape index (κ1) is 30.4. The highest BCUT2D eigenvalue weighted by molar-refractivity contribution is 6.80. The fourth-order valence-corrected chi connectivity index (χ4v) is 7.10. The lowest BCUT2D eigenvalue weighted by atomic mass is 9.94. The average molecular weight is 565 g/mol. The van der Waals surface area contributed by atoms with Crippen molar-refractivity contribution in [2.75, 3.05) is 27.9 Å². The molecule has 0 aromatic heterocycles. The van der Waals surface area contributed by atoms with Crippen LogP contribution < -0.4 is 20.8 Å². The molecule has 1 aliphatic heterocycles. The Kier molecular flexibility index (Phi) is 11.3. The van der Waals surface area contributed by atoms with Gasteiger partial charge in [0, 0.05) is 33.5 Å². The molecule has 0 spiro atoms. The predicted octanol–water partition coefficient (Wildman–Crippen LogP) is 3.68. The second-order valence-corrected chi connectivity index (χ2v) is 12.4. The Labute approximate surface area is 240 Å². The van der Waals surface area contributed by atoms with Crippen LogP contribution in [-0.4, -0.2) is 67.1 Å². The summed E-state index contributed by atoms with van der Waals surface area (Å²) in [5.74, 6) is 0.0805. The number of benzene rings is 3. The molecule has 1 heterocycles. The molecule has 0 bridgehead atoms. The van der Waals surface area contributed by atoms with Crippen LogP contribution in [0.15, 0.2) is 84.9 Å². The number of hydrogen-bond donors (Lipinski definition) is 1. The molecule has 1 radical (unpaired) electrons. The molecule has 1 saturated heterocycles. The topological polar surface area (TPSA) is 81.4 Å². The molecular weight excluding hydrogens is 522 g/mol. The van der Waals surface area contributed by atoms with Crippen molar-refractivity contribution in [2.24, 2.45) is 5.73 Å². The van der Waals surface area contributed by atoms with Crippen molar-refractivity contribution in [3.63, 3.8) is 0 Å². The summed E-state index contributed by atoms with van der Waals surface area (Å²) in [6, 6.07) is 28.3. The summed E-state index contributed by atoms with van der Waals surface area (Å²) in [6.45, 7) is 2.84. The summed E-state index contributed by atoms with van der Waals surface area (Å²) < 4.78 is 36.2. The average Bonchev–Trinajstić information content (AvgIpc) is 3.00. The van der Waals surface area contributed by atoms with Gasteiger partial charge in [-0.15, -0.1) is 0 Å². The smallest absolute Gasteiger partial charge is 0.282 e. The zero-order chi connectivity index (χ0) is 28.4. The first-order valence-electron chi connectivity index (χ1n) is 13.8. The number of rotatable bonds is 14. The van der Waals surface area contributed by atoms with Crippen molar-refractivity contribution < 1.29 is 28.1 Å². The van der Waals surface area contributed by atoms with Crippen molar-refractivity contribution in [3.05, 3.63) is 90.5 Å². The Morgan fingerprint density at radius 3 is 2.10 bits per heavy atom. The SMILES string of the molecule is COc1ccc(CO[C@@H]2C[C@H](C[C@@H](OC)C(N)CO[Si](c3ccccc3)c3ccccc3)O[C@@](C)(OC)C2)cc1. The summed E-state index contributed by atoms with van der Waals surface area (Å²) in [6.07, 6.45) is 1.57. The molecule has 3 aromatic rings. The predicted molar refractivity (Wildman–Crippen MR) is 158 cm³/mol. The van der Waals surface area contributed by atoms with E-state index in [1.54, 1.807) is 21.3 Å². The van der Waals surface area contributed by atoms with Gasteiger partial charge in [-0.05, 0) is 35.0 Å². The molecule has 0 amide bonds. The van der Waals surface area contributed by atoms with E-state index in [1.165, 1.54) is 10.4 Å². The molecule has 0 aliphatic carbocycles. The maximum atomic E-state index is 6.68. The summed E-state index contributed by atoms with van der Waals surface area (Å²) >= 11 is 0. The van der Waals surface area contributed by atoms with Gasteiger partial charge in [0.25, 0.3) is 9.04 Å². The molecule has 2 N–H and O–H groups in total. The zero-order valence-corrected chi connectivity index (χ0v) is 25.0. The Morgan fingerprint density at radius 1 is 0.925 bits per heavy atom. The van der Waals surface area contributed by atoms with Crippen LogP contribution in [0.2, 0.25) is 0 Å². The van der Waals surface area contributed by atoms with Crippen LogP contribution in [0.25, 0.3) is 0 Å². The van der Waals surface area contributed by atoms with Gasteiger partial charge in [0.05, 0.1) is 44.7 Å². The van der Waals surface area contributed by atoms with Crippen LogP contribution >= 0.6 is 0 Å². The minimum atomic E-state index is -1.45. The first-order valence-corrected chi connectivity index (χ1v) is 15.2. The van der Waals surface area contributed by atoms with Gasteiger partial charge in [0.15, 0.2) is 5.79 Å². The lowest BCUT2D eigenvalue weighted by Gasteiger charge is -2.42. The van der Waals surface area contributed by atoms with Gasteiger partial charge in [-0.1, -0.05) is 72.8 Å². The highest BCUT2D eigenvalue weighted by atomic mass is 28.3. The minimum Gasteiger partial charge on any atom is -0.497 e. The summed E-state index contributed by atoms with van der Waals surface area (Å²) in [5.41, 5.74) is 7.77. The van der Waals surface area contributed by atoms with Crippen LogP contribution in [0, 0.1) is 0 Å². The Morgan fingerprint density at radius 2 is 1.55 bits per heavy atom. The summed E-state index contributed by atoms with van der Waals surface area (Å²) in [7, 11) is 3.58. The molecular formula is C32H42NO6Si. The van der Waals surface area contributed by atoms with E-state index >= 15 is 0 Å². The molecule has 0 saturated carbocycles. The van der Waals surface area contributed by atoms with Crippen LogP contribution in [0.4, 0.5) is 0 Å². The van der Waals surface area contributed by atoms with Crippen molar-refractivity contribution in [3.8, 4) is 5.75 Å². The van der Waals surface area contributed by atoms with E-state index in [4.69, 9.17) is 33.8 Å². The fraction of sp³-hybridized carbons (Fsp3) is 0.438. The Bertz CT molecular complexity index is 1100. The molecule has 8 heteroatoms. The molecule has 215 valence electrons. The second kappa shape index (κ2) is 14.9. The third-order valence-corrected chi connectivity index (χ3v) is 9.56. The highest BCUT2D eigenvalue weighted by Gasteiger charge is 2.40. The van der Waals surface area contributed by atoms with Crippen molar-refractivity contribution in [2.45, 2.75) is 62.9 Å². The first-order chi connectivity index (χ1) is 19.4. The number of methoxy groups -OCH3 is 3. The Balaban J connectivity index is 1.37. The van der Waals surface area contributed by atoms with E-state index in [0.717, 1.165) is 17.7 Å². The molecule has 4 rings (SSSR count). The quantitative estimate of drug-likeness (QED) is 0.299. The molecule has 40 heavy (non-hydrogen) atoms. The van der Waals surface area contributed by atoms with Gasteiger partial charge in [-0.25, -0.2) is 0 Å². The van der Waals surface area contributed by atoms with Gasteiger partial charge in [0.1, 0.15) is 5.75 Å². The highest BCUT2D eigenvalue weighted by Crippen LogP contribution is 2.34. The van der Waals surface area contributed by atoms with Crippen LogP contribution in [0.1, 0.15) is 31.7 Å². The van der Waals surface area contributed by atoms with Crippen molar-refractivity contribution >= 4 is 19.4 Å². The lowest BCUT2D eigenvalue weighted by Crippen LogP contribution is -2.51. The molecule has 3 aromatic carbocycles. The van der Waals surface area contributed by atoms with Gasteiger partial charge < -0.3 is 33.8 Å². The number of nitrogens with two attached hydrogens (primary N) is 1. The standard InChI is InChI=1S/C32H42NO6Si/c1-32(36-4)21-27(37-22-24-15-17-25(34-2)18-16-24)19-26(39-32)20-31(35-3)30(33)23-38-40(28-11-7-5-8-12-28)29-13-9-6-10-14-29/h5-18,26-27,30-31H,19-23,33H2,1-4H3/t26-,27-,30?,31-,32-/m1/s1. The van der Waals surface area contributed by atoms with Crippen LogP contribution in [0.3, 0.4) is 0 Å². The van der Waals surface area contributed by atoms with Crippen LogP contribution in [0.5, 0.6) is 5.75 Å². The molecule has 1 fully saturated rings. The van der Waals surface area contributed by atoms with E-state index in [0.29, 0.717) is 26.1 Å². The van der Waals surface area contributed by atoms with Gasteiger partial charge in [0.2, 0.25) is 0 Å². The normalized spacial score (nSPS) is 22.6. The maximum absolute atomic E-state index is 6.68. The lowest BCUT2D eigenvalue weighted by molar-refractivity contribution is -0.284. The third-order valence-electron chi connectivity index (χ3n) is 7.38. The van der Waals surface area contributed by atoms with Gasteiger partial charge in [-0.3, -0.25) is 0 Å². The van der Waals surface area contributed by atoms with Crippen LogP contribution in [-0.2, 0) is 30.0 Å². The molecule has 7 nitrogen and oxygen atoms in total. The third kappa shape index (κ3) is 8.47. The maximum Gasteiger partial charge on any atom is 0.282 e. The molecule has 1 unspecified atom stereocenters.